The number of hydrogen-bond acceptors (Lipinski definition) is 7. The Hall–Kier alpha value is -3.93. The van der Waals surface area contributed by atoms with Crippen LogP contribution < -0.4 is 10.5 Å². The van der Waals surface area contributed by atoms with Crippen LogP contribution in [0.1, 0.15) is 39.0 Å². The minimum atomic E-state index is -3.36. The van der Waals surface area contributed by atoms with E-state index < -0.39 is 16.0 Å². The number of fused-ring (bicyclic) bond motifs is 1. The number of anilines is 2. The van der Waals surface area contributed by atoms with E-state index in [-0.39, 0.29) is 12.2 Å². The normalized spacial score (nSPS) is 11.7. The highest BCUT2D eigenvalue weighted by Gasteiger charge is 2.19. The van der Waals surface area contributed by atoms with Gasteiger partial charge >= 0.3 is 5.97 Å². The maximum Gasteiger partial charge on any atom is 0.303 e. The number of carboxylic acids is 1. The fourth-order valence-corrected chi connectivity index (χ4v) is 4.86. The second kappa shape index (κ2) is 11.0. The number of carboxylic acid groups (broad SMARTS) is 1. The Bertz CT molecular complexity index is 1510. The van der Waals surface area contributed by atoms with Crippen LogP contribution in [-0.4, -0.2) is 49.8 Å². The Balaban J connectivity index is 1.57. The van der Waals surface area contributed by atoms with Gasteiger partial charge < -0.3 is 10.8 Å². The summed E-state index contributed by atoms with van der Waals surface area (Å²) in [5, 5.41) is 18.7. The van der Waals surface area contributed by atoms with Crippen molar-refractivity contribution in [1.29, 1.82) is 0 Å². The van der Waals surface area contributed by atoms with Crippen molar-refractivity contribution in [3.8, 4) is 22.4 Å². The molecule has 0 aliphatic rings. The Morgan fingerprint density at radius 2 is 1.81 bits per heavy atom. The lowest BCUT2D eigenvalue weighted by Crippen LogP contribution is -2.14. The number of nitrogens with one attached hydrogen (secondary N) is 1. The summed E-state index contributed by atoms with van der Waals surface area (Å²) in [7, 11) is -1.52. The summed E-state index contributed by atoms with van der Waals surface area (Å²) in [5.74, 6) is -0.408. The van der Waals surface area contributed by atoms with Crippen LogP contribution in [0.4, 0.5) is 11.5 Å². The Labute approximate surface area is 215 Å². The fraction of sp³-hybridized carbons (Fsp3) is 0.360. The Morgan fingerprint density at radius 3 is 2.51 bits per heavy atom. The third-order valence-corrected chi connectivity index (χ3v) is 7.48. The van der Waals surface area contributed by atoms with E-state index >= 15 is 0 Å². The number of nitrogen functional groups attached to an aromatic ring is 1. The lowest BCUT2D eigenvalue weighted by atomic mass is 10.0. The second-order valence-electron chi connectivity index (χ2n) is 8.89. The van der Waals surface area contributed by atoms with Gasteiger partial charge in [-0.3, -0.25) is 18.9 Å². The molecule has 0 bridgehead atoms. The van der Waals surface area contributed by atoms with Gasteiger partial charge in [0.2, 0.25) is 10.0 Å². The van der Waals surface area contributed by atoms with Gasteiger partial charge in [0.05, 0.1) is 22.9 Å². The molecule has 0 unspecified atom stereocenters. The van der Waals surface area contributed by atoms with Crippen molar-refractivity contribution in [1.82, 2.24) is 24.5 Å². The molecule has 1 aromatic carbocycles. The highest BCUT2D eigenvalue weighted by molar-refractivity contribution is 7.92. The molecule has 0 aliphatic heterocycles. The number of aryl methyl sites for hydroxylation is 2. The molecule has 196 valence electrons. The average Bonchev–Trinajstić information content (AvgIpc) is 3.47. The van der Waals surface area contributed by atoms with E-state index in [0.717, 1.165) is 48.0 Å². The number of carbonyl (C=O) groups is 1. The Morgan fingerprint density at radius 1 is 1.08 bits per heavy atom. The smallest absolute Gasteiger partial charge is 0.303 e. The number of pyridine rings is 1. The van der Waals surface area contributed by atoms with E-state index in [1.54, 1.807) is 48.3 Å². The molecule has 0 saturated heterocycles. The number of nitrogens with zero attached hydrogens (tertiary/aromatic N) is 5. The van der Waals surface area contributed by atoms with Crippen molar-refractivity contribution in [2.45, 2.75) is 45.6 Å². The average molecular weight is 526 g/mol. The maximum atomic E-state index is 11.9. The van der Waals surface area contributed by atoms with Crippen molar-refractivity contribution >= 4 is 38.4 Å². The number of rotatable bonds is 12. The Kier molecular flexibility index (Phi) is 7.77. The first-order chi connectivity index (χ1) is 17.7. The van der Waals surface area contributed by atoms with Crippen LogP contribution in [0.15, 0.2) is 42.9 Å². The molecular weight excluding hydrogens is 494 g/mol. The largest absolute Gasteiger partial charge is 0.481 e. The zero-order chi connectivity index (χ0) is 26.6. The first-order valence-corrected chi connectivity index (χ1v) is 13.8. The van der Waals surface area contributed by atoms with Gasteiger partial charge in [0, 0.05) is 54.8 Å². The summed E-state index contributed by atoms with van der Waals surface area (Å²) in [6.07, 6.45) is 9.11. The number of benzene rings is 1. The molecule has 12 heteroatoms. The van der Waals surface area contributed by atoms with Gasteiger partial charge in [-0.2, -0.15) is 10.2 Å². The van der Waals surface area contributed by atoms with Gasteiger partial charge in [0.1, 0.15) is 11.5 Å². The van der Waals surface area contributed by atoms with Crippen molar-refractivity contribution in [2.75, 3.05) is 16.2 Å². The molecule has 0 radical (unpaired) electrons. The fourth-order valence-electron chi connectivity index (χ4n) is 4.23. The second-order valence-corrected chi connectivity index (χ2v) is 10.9. The summed E-state index contributed by atoms with van der Waals surface area (Å²) >= 11 is 0. The van der Waals surface area contributed by atoms with E-state index in [0.29, 0.717) is 29.0 Å². The van der Waals surface area contributed by atoms with Crippen molar-refractivity contribution < 1.29 is 18.3 Å². The number of aliphatic carboxylic acids is 1. The zero-order valence-corrected chi connectivity index (χ0v) is 21.7. The quantitative estimate of drug-likeness (QED) is 0.235. The van der Waals surface area contributed by atoms with Crippen molar-refractivity contribution in [2.24, 2.45) is 7.05 Å². The minimum Gasteiger partial charge on any atom is -0.481 e. The van der Waals surface area contributed by atoms with E-state index in [1.165, 1.54) is 0 Å². The van der Waals surface area contributed by atoms with Gasteiger partial charge in [-0.15, -0.1) is 0 Å². The predicted molar refractivity (Wildman–Crippen MR) is 143 cm³/mol. The van der Waals surface area contributed by atoms with Crippen LogP contribution in [0.3, 0.4) is 0 Å². The number of sulfonamides is 1. The topological polar surface area (TPSA) is 158 Å². The van der Waals surface area contributed by atoms with E-state index in [4.69, 9.17) is 15.9 Å². The zero-order valence-electron chi connectivity index (χ0n) is 20.9. The van der Waals surface area contributed by atoms with Gasteiger partial charge in [-0.1, -0.05) is 25.0 Å². The van der Waals surface area contributed by atoms with Gasteiger partial charge in [-0.25, -0.2) is 13.4 Å². The monoisotopic (exact) mass is 525 g/mol. The van der Waals surface area contributed by atoms with Crippen molar-refractivity contribution in [3.63, 3.8) is 0 Å². The maximum absolute atomic E-state index is 11.9. The molecule has 0 saturated carbocycles. The van der Waals surface area contributed by atoms with E-state index in [1.807, 2.05) is 17.9 Å². The molecule has 0 spiro atoms. The lowest BCUT2D eigenvalue weighted by molar-refractivity contribution is -0.137. The van der Waals surface area contributed by atoms with Crippen molar-refractivity contribution in [3.05, 3.63) is 42.9 Å². The molecule has 0 fully saturated rings. The number of nitrogens with two attached hydrogens (primary N) is 1. The van der Waals surface area contributed by atoms with Gasteiger partial charge in [0.25, 0.3) is 0 Å². The summed E-state index contributed by atoms with van der Waals surface area (Å²) < 4.78 is 29.9. The van der Waals surface area contributed by atoms with E-state index in [2.05, 4.69) is 14.8 Å². The number of aromatic nitrogens is 5. The number of hydrogen-bond donors (Lipinski definition) is 3. The minimum absolute atomic E-state index is 0.00597. The summed E-state index contributed by atoms with van der Waals surface area (Å²) in [4.78, 5) is 15.1. The molecule has 4 N–H and O–H groups in total. The van der Waals surface area contributed by atoms with Gasteiger partial charge in [-0.05, 0) is 31.9 Å². The van der Waals surface area contributed by atoms with Crippen LogP contribution >= 0.6 is 0 Å². The summed E-state index contributed by atoms with van der Waals surface area (Å²) in [5.41, 5.74) is 10.8. The highest BCUT2D eigenvalue weighted by atomic mass is 32.2. The highest BCUT2D eigenvalue weighted by Crippen LogP contribution is 2.36. The molecule has 0 amide bonds. The molecule has 0 atom stereocenters. The van der Waals surface area contributed by atoms with Crippen LogP contribution in [0, 0.1) is 0 Å². The van der Waals surface area contributed by atoms with Crippen LogP contribution in [0.2, 0.25) is 0 Å². The predicted octanol–water partition coefficient (Wildman–Crippen LogP) is 3.88. The first-order valence-electron chi connectivity index (χ1n) is 12.1. The molecule has 4 rings (SSSR count). The van der Waals surface area contributed by atoms with Gasteiger partial charge in [0.15, 0.2) is 0 Å². The molecule has 37 heavy (non-hydrogen) atoms. The van der Waals surface area contributed by atoms with E-state index in [9.17, 15) is 13.2 Å². The standard InChI is InChI=1S/C25H31N7O4S/c1-3-37(35,36)30-19-11-9-17(10-12-19)23-22-24(31(2)29-23)20(15-27-25(22)26)18-14-28-32(16-18)13-7-5-4-6-8-21(33)34/h9-12,14-16,30H,3-8,13H2,1-2H3,(H2,26,27)(H,33,34). The van der Waals surface area contributed by atoms with Crippen LogP contribution in [0.25, 0.3) is 33.3 Å². The molecule has 4 aromatic rings. The SMILES string of the molecule is CCS(=O)(=O)Nc1ccc(-c2nn(C)c3c(-c4cnn(CCCCCCC(=O)O)c4)cnc(N)c23)cc1. The lowest BCUT2D eigenvalue weighted by Gasteiger charge is -2.07. The molecule has 3 aromatic heterocycles. The molecular formula is C25H31N7O4S. The summed E-state index contributed by atoms with van der Waals surface area (Å²) in [6, 6.07) is 7.00. The third-order valence-electron chi connectivity index (χ3n) is 6.18. The third kappa shape index (κ3) is 6.08. The summed E-state index contributed by atoms with van der Waals surface area (Å²) in [6.45, 7) is 2.32. The molecule has 3 heterocycles. The first kappa shape index (κ1) is 26.1. The van der Waals surface area contributed by atoms with Crippen LogP contribution in [-0.2, 0) is 28.4 Å². The molecule has 0 aliphatic carbocycles. The van der Waals surface area contributed by atoms with Crippen LogP contribution in [0.5, 0.6) is 0 Å². The number of unbranched alkanes of at least 4 members (excludes halogenated alkanes) is 3. The molecule has 11 nitrogen and oxygen atoms in total.